The Morgan fingerprint density at radius 1 is 0.897 bits per heavy atom. The SMILES string of the molecule is CCc1ccc(Cn2cc(C(=O)Nc3cccc(NC(C)=O)c3)ccc2=O)cc1. The molecule has 0 aliphatic carbocycles. The number of pyridine rings is 1. The van der Waals surface area contributed by atoms with Gasteiger partial charge >= 0.3 is 0 Å². The Morgan fingerprint density at radius 2 is 1.55 bits per heavy atom. The van der Waals surface area contributed by atoms with Crippen molar-refractivity contribution in [1.29, 1.82) is 0 Å². The monoisotopic (exact) mass is 389 g/mol. The van der Waals surface area contributed by atoms with E-state index in [1.54, 1.807) is 30.5 Å². The van der Waals surface area contributed by atoms with Crippen LogP contribution >= 0.6 is 0 Å². The number of nitrogens with zero attached hydrogens (tertiary/aromatic N) is 1. The van der Waals surface area contributed by atoms with Gasteiger partial charge in [0.15, 0.2) is 0 Å². The van der Waals surface area contributed by atoms with Crippen molar-refractivity contribution >= 4 is 23.2 Å². The van der Waals surface area contributed by atoms with E-state index in [-0.39, 0.29) is 17.4 Å². The van der Waals surface area contributed by atoms with Crippen LogP contribution in [0.2, 0.25) is 0 Å². The first-order valence-electron chi connectivity index (χ1n) is 9.42. The lowest BCUT2D eigenvalue weighted by Gasteiger charge is -2.10. The van der Waals surface area contributed by atoms with Crippen LogP contribution in [0.5, 0.6) is 0 Å². The molecule has 1 aromatic heterocycles. The van der Waals surface area contributed by atoms with Crippen LogP contribution in [0.1, 0.15) is 35.3 Å². The Labute approximate surface area is 169 Å². The number of hydrogen-bond donors (Lipinski definition) is 2. The van der Waals surface area contributed by atoms with E-state index >= 15 is 0 Å². The Balaban J connectivity index is 1.76. The van der Waals surface area contributed by atoms with Crippen LogP contribution in [0.4, 0.5) is 11.4 Å². The number of nitrogens with one attached hydrogen (secondary N) is 2. The number of hydrogen-bond acceptors (Lipinski definition) is 3. The minimum absolute atomic E-state index is 0.172. The fraction of sp³-hybridized carbons (Fsp3) is 0.174. The second kappa shape index (κ2) is 9.01. The summed E-state index contributed by atoms with van der Waals surface area (Å²) in [7, 11) is 0. The number of carbonyl (C=O) groups is 2. The highest BCUT2D eigenvalue weighted by atomic mass is 16.2. The molecular formula is C23H23N3O3. The Hall–Kier alpha value is -3.67. The highest BCUT2D eigenvalue weighted by Gasteiger charge is 2.09. The van der Waals surface area contributed by atoms with Crippen molar-refractivity contribution in [2.24, 2.45) is 0 Å². The number of aryl methyl sites for hydroxylation is 1. The molecule has 0 saturated heterocycles. The van der Waals surface area contributed by atoms with Gasteiger partial charge in [0, 0.05) is 30.6 Å². The predicted molar refractivity (Wildman–Crippen MR) is 114 cm³/mol. The Morgan fingerprint density at radius 3 is 2.21 bits per heavy atom. The second-order valence-corrected chi connectivity index (χ2v) is 6.77. The van der Waals surface area contributed by atoms with Gasteiger partial charge in [-0.05, 0) is 41.8 Å². The molecule has 2 N–H and O–H groups in total. The molecular weight excluding hydrogens is 366 g/mol. The molecule has 3 aromatic rings. The van der Waals surface area contributed by atoms with E-state index in [1.807, 2.05) is 24.3 Å². The predicted octanol–water partition coefficient (Wildman–Crippen LogP) is 3.67. The fourth-order valence-corrected chi connectivity index (χ4v) is 2.95. The molecule has 0 aliphatic rings. The summed E-state index contributed by atoms with van der Waals surface area (Å²) in [5.74, 6) is -0.521. The lowest BCUT2D eigenvalue weighted by atomic mass is 10.1. The van der Waals surface area contributed by atoms with E-state index in [2.05, 4.69) is 17.6 Å². The number of amides is 2. The maximum atomic E-state index is 12.6. The van der Waals surface area contributed by atoms with E-state index in [4.69, 9.17) is 0 Å². The summed E-state index contributed by atoms with van der Waals surface area (Å²) in [6, 6.07) is 17.8. The van der Waals surface area contributed by atoms with Gasteiger partial charge in [0.05, 0.1) is 12.1 Å². The van der Waals surface area contributed by atoms with Crippen LogP contribution in [0.3, 0.4) is 0 Å². The first-order valence-corrected chi connectivity index (χ1v) is 9.42. The topological polar surface area (TPSA) is 80.2 Å². The first kappa shape index (κ1) is 20.1. The zero-order valence-corrected chi connectivity index (χ0v) is 16.4. The molecule has 6 nitrogen and oxygen atoms in total. The van der Waals surface area contributed by atoms with Crippen molar-refractivity contribution in [1.82, 2.24) is 4.57 Å². The van der Waals surface area contributed by atoms with Gasteiger partial charge in [-0.1, -0.05) is 37.3 Å². The molecule has 0 radical (unpaired) electrons. The molecule has 148 valence electrons. The molecule has 3 rings (SSSR count). The van der Waals surface area contributed by atoms with Crippen molar-refractivity contribution in [3.05, 3.63) is 93.9 Å². The van der Waals surface area contributed by atoms with E-state index in [0.29, 0.717) is 23.5 Å². The smallest absolute Gasteiger partial charge is 0.257 e. The molecule has 0 fully saturated rings. The highest BCUT2D eigenvalue weighted by Crippen LogP contribution is 2.16. The number of carbonyl (C=O) groups excluding carboxylic acids is 2. The van der Waals surface area contributed by atoms with Gasteiger partial charge in [-0.3, -0.25) is 14.4 Å². The Bertz CT molecular complexity index is 1090. The van der Waals surface area contributed by atoms with E-state index in [1.165, 1.54) is 29.2 Å². The summed E-state index contributed by atoms with van der Waals surface area (Å²) < 4.78 is 1.52. The van der Waals surface area contributed by atoms with Crippen molar-refractivity contribution in [2.45, 2.75) is 26.8 Å². The molecule has 0 unspecified atom stereocenters. The van der Waals surface area contributed by atoms with Gasteiger partial charge in [0.2, 0.25) is 5.91 Å². The summed E-state index contributed by atoms with van der Waals surface area (Å²) in [5, 5.41) is 5.47. The van der Waals surface area contributed by atoms with Crippen LogP contribution in [-0.4, -0.2) is 16.4 Å². The fourth-order valence-electron chi connectivity index (χ4n) is 2.95. The van der Waals surface area contributed by atoms with Crippen LogP contribution in [0.15, 0.2) is 71.7 Å². The lowest BCUT2D eigenvalue weighted by Crippen LogP contribution is -2.22. The first-order chi connectivity index (χ1) is 13.9. The quantitative estimate of drug-likeness (QED) is 0.675. The van der Waals surface area contributed by atoms with Gasteiger partial charge in [-0.2, -0.15) is 0 Å². The van der Waals surface area contributed by atoms with Crippen LogP contribution in [-0.2, 0) is 17.8 Å². The molecule has 2 amide bonds. The van der Waals surface area contributed by atoms with Gasteiger partial charge in [0.1, 0.15) is 0 Å². The summed E-state index contributed by atoms with van der Waals surface area (Å²) >= 11 is 0. The third-order valence-electron chi connectivity index (χ3n) is 4.47. The lowest BCUT2D eigenvalue weighted by molar-refractivity contribution is -0.114. The minimum atomic E-state index is -0.333. The highest BCUT2D eigenvalue weighted by molar-refractivity contribution is 6.04. The molecule has 29 heavy (non-hydrogen) atoms. The molecule has 0 spiro atoms. The van der Waals surface area contributed by atoms with Crippen LogP contribution < -0.4 is 16.2 Å². The standard InChI is InChI=1S/C23H23N3O3/c1-3-17-7-9-18(10-8-17)14-26-15-19(11-12-22(26)28)23(29)25-21-6-4-5-20(13-21)24-16(2)27/h4-13,15H,3,14H2,1-2H3,(H,24,27)(H,25,29). The van der Waals surface area contributed by atoms with Gasteiger partial charge in [-0.25, -0.2) is 0 Å². The van der Waals surface area contributed by atoms with Gasteiger partial charge in [-0.15, -0.1) is 0 Å². The Kier molecular flexibility index (Phi) is 6.24. The van der Waals surface area contributed by atoms with Crippen molar-refractivity contribution in [3.63, 3.8) is 0 Å². The number of anilines is 2. The maximum absolute atomic E-state index is 12.6. The van der Waals surface area contributed by atoms with E-state index < -0.39 is 0 Å². The molecule has 1 heterocycles. The summed E-state index contributed by atoms with van der Waals surface area (Å²) in [5.41, 5.74) is 3.57. The third-order valence-corrected chi connectivity index (χ3v) is 4.47. The van der Waals surface area contributed by atoms with Crippen molar-refractivity contribution in [3.8, 4) is 0 Å². The maximum Gasteiger partial charge on any atom is 0.257 e. The molecule has 0 atom stereocenters. The van der Waals surface area contributed by atoms with E-state index in [9.17, 15) is 14.4 Å². The molecule has 2 aromatic carbocycles. The number of rotatable bonds is 6. The summed E-state index contributed by atoms with van der Waals surface area (Å²) in [4.78, 5) is 36.0. The summed E-state index contributed by atoms with van der Waals surface area (Å²) in [6.45, 7) is 3.90. The average molecular weight is 389 g/mol. The van der Waals surface area contributed by atoms with Crippen molar-refractivity contribution in [2.75, 3.05) is 10.6 Å². The molecule has 0 bridgehead atoms. The van der Waals surface area contributed by atoms with E-state index in [0.717, 1.165) is 12.0 Å². The zero-order valence-electron chi connectivity index (χ0n) is 16.4. The van der Waals surface area contributed by atoms with Crippen LogP contribution in [0, 0.1) is 0 Å². The molecule has 6 heteroatoms. The minimum Gasteiger partial charge on any atom is -0.326 e. The largest absolute Gasteiger partial charge is 0.326 e. The number of aromatic nitrogens is 1. The normalized spacial score (nSPS) is 10.4. The average Bonchev–Trinajstić information content (AvgIpc) is 2.70. The third kappa shape index (κ3) is 5.42. The summed E-state index contributed by atoms with van der Waals surface area (Å²) in [6.07, 6.45) is 2.52. The molecule has 0 aliphatic heterocycles. The van der Waals surface area contributed by atoms with Gasteiger partial charge < -0.3 is 15.2 Å². The van der Waals surface area contributed by atoms with Gasteiger partial charge in [0.25, 0.3) is 11.5 Å². The van der Waals surface area contributed by atoms with Crippen molar-refractivity contribution < 1.29 is 9.59 Å². The van der Waals surface area contributed by atoms with Crippen LogP contribution in [0.25, 0.3) is 0 Å². The zero-order chi connectivity index (χ0) is 20.8. The second-order valence-electron chi connectivity index (χ2n) is 6.77. The number of benzene rings is 2. The molecule has 0 saturated carbocycles.